The number of nitrogens with one attached hydrogen (secondary N) is 1. The van der Waals surface area contributed by atoms with Crippen LogP contribution >= 0.6 is 0 Å². The van der Waals surface area contributed by atoms with Crippen molar-refractivity contribution in [2.75, 3.05) is 25.1 Å². The van der Waals surface area contributed by atoms with Crippen molar-refractivity contribution in [1.82, 2.24) is 0 Å². The van der Waals surface area contributed by atoms with E-state index in [-0.39, 0.29) is 12.5 Å². The highest BCUT2D eigenvalue weighted by molar-refractivity contribution is 5.91. The van der Waals surface area contributed by atoms with E-state index in [1.165, 1.54) is 0 Å². The summed E-state index contributed by atoms with van der Waals surface area (Å²) in [5.41, 5.74) is 2.57. The third-order valence-electron chi connectivity index (χ3n) is 2.71. The molecule has 0 saturated carbocycles. The molecule has 4 nitrogen and oxygen atoms in total. The monoisotopic (exact) mass is 275 g/mol. The fourth-order valence-corrected chi connectivity index (χ4v) is 1.72. The maximum atomic E-state index is 11.8. The number of rotatable bonds is 6. The standard InChI is InChI=1S/C16H21NO3/c1-3-20-11-5-7-16(19)17-15-9-8-14(6-4-10-18)12-13(15)2/h8-9,12,18H,3,5,7,10-11H2,1-2H3,(H,17,19). The number of carbonyl (C=O) groups excluding carboxylic acids is 1. The van der Waals surface area contributed by atoms with E-state index in [1.54, 1.807) is 0 Å². The van der Waals surface area contributed by atoms with Gasteiger partial charge in [-0.2, -0.15) is 0 Å². The number of aryl methyl sites for hydroxylation is 1. The average molecular weight is 275 g/mol. The van der Waals surface area contributed by atoms with Crippen molar-refractivity contribution in [2.45, 2.75) is 26.7 Å². The third-order valence-corrected chi connectivity index (χ3v) is 2.71. The summed E-state index contributed by atoms with van der Waals surface area (Å²) in [4.78, 5) is 11.8. The number of hydrogen-bond acceptors (Lipinski definition) is 3. The first-order chi connectivity index (χ1) is 9.67. The molecule has 20 heavy (non-hydrogen) atoms. The molecule has 0 aliphatic carbocycles. The fourth-order valence-electron chi connectivity index (χ4n) is 1.72. The lowest BCUT2D eigenvalue weighted by atomic mass is 10.1. The summed E-state index contributed by atoms with van der Waals surface area (Å²) in [7, 11) is 0. The molecule has 108 valence electrons. The summed E-state index contributed by atoms with van der Waals surface area (Å²) in [6.45, 7) is 4.98. The van der Waals surface area contributed by atoms with E-state index in [2.05, 4.69) is 17.2 Å². The van der Waals surface area contributed by atoms with Gasteiger partial charge < -0.3 is 15.2 Å². The Morgan fingerprint density at radius 2 is 2.25 bits per heavy atom. The Labute approximate surface area is 120 Å². The molecular weight excluding hydrogens is 254 g/mol. The second-order valence-corrected chi connectivity index (χ2v) is 4.34. The van der Waals surface area contributed by atoms with Crippen LogP contribution in [0.25, 0.3) is 0 Å². The Balaban J connectivity index is 2.53. The molecule has 0 atom stereocenters. The molecular formula is C16H21NO3. The first kappa shape index (κ1) is 16.2. The minimum Gasteiger partial charge on any atom is -0.384 e. The van der Waals surface area contributed by atoms with Gasteiger partial charge in [0.15, 0.2) is 0 Å². The zero-order chi connectivity index (χ0) is 14.8. The number of aliphatic hydroxyl groups excluding tert-OH is 1. The van der Waals surface area contributed by atoms with Crippen molar-refractivity contribution in [3.8, 4) is 11.8 Å². The van der Waals surface area contributed by atoms with Crippen LogP contribution in [-0.4, -0.2) is 30.8 Å². The molecule has 1 aromatic rings. The molecule has 0 aliphatic heterocycles. The van der Waals surface area contributed by atoms with Gasteiger partial charge in [-0.15, -0.1) is 0 Å². The van der Waals surface area contributed by atoms with Crippen LogP contribution in [0.4, 0.5) is 5.69 Å². The van der Waals surface area contributed by atoms with Crippen molar-refractivity contribution >= 4 is 11.6 Å². The average Bonchev–Trinajstić information content (AvgIpc) is 2.44. The molecule has 2 N–H and O–H groups in total. The lowest BCUT2D eigenvalue weighted by molar-refractivity contribution is -0.116. The van der Waals surface area contributed by atoms with Gasteiger partial charge in [-0.25, -0.2) is 0 Å². The van der Waals surface area contributed by atoms with Crippen LogP contribution < -0.4 is 5.32 Å². The van der Waals surface area contributed by atoms with Gasteiger partial charge in [0.1, 0.15) is 6.61 Å². The van der Waals surface area contributed by atoms with Crippen molar-refractivity contribution in [2.24, 2.45) is 0 Å². The Morgan fingerprint density at radius 3 is 2.90 bits per heavy atom. The summed E-state index contributed by atoms with van der Waals surface area (Å²) in [6.07, 6.45) is 1.17. The molecule has 0 aliphatic rings. The van der Waals surface area contributed by atoms with E-state index < -0.39 is 0 Å². The van der Waals surface area contributed by atoms with E-state index in [4.69, 9.17) is 9.84 Å². The van der Waals surface area contributed by atoms with Crippen LogP contribution in [0, 0.1) is 18.8 Å². The molecule has 0 radical (unpaired) electrons. The van der Waals surface area contributed by atoms with E-state index >= 15 is 0 Å². The molecule has 1 rings (SSSR count). The highest BCUT2D eigenvalue weighted by Crippen LogP contribution is 2.16. The van der Waals surface area contributed by atoms with Crippen LogP contribution in [0.15, 0.2) is 18.2 Å². The van der Waals surface area contributed by atoms with Gasteiger partial charge >= 0.3 is 0 Å². The third kappa shape index (κ3) is 5.87. The molecule has 1 aromatic carbocycles. The maximum absolute atomic E-state index is 11.8. The van der Waals surface area contributed by atoms with Gasteiger partial charge in [0, 0.05) is 30.9 Å². The number of benzene rings is 1. The number of hydrogen-bond donors (Lipinski definition) is 2. The summed E-state index contributed by atoms with van der Waals surface area (Å²) in [6, 6.07) is 5.54. The van der Waals surface area contributed by atoms with Crippen LogP contribution in [0.3, 0.4) is 0 Å². The van der Waals surface area contributed by atoms with Crippen molar-refractivity contribution in [3.63, 3.8) is 0 Å². The summed E-state index contributed by atoms with van der Waals surface area (Å²) < 4.78 is 5.20. The fraction of sp³-hybridized carbons (Fsp3) is 0.438. The van der Waals surface area contributed by atoms with Crippen LogP contribution in [0.1, 0.15) is 30.9 Å². The predicted octanol–water partition coefficient (Wildman–Crippen LogP) is 2.09. The molecule has 0 unspecified atom stereocenters. The molecule has 0 spiro atoms. The van der Waals surface area contributed by atoms with Gasteiger partial charge in [-0.05, 0) is 44.0 Å². The zero-order valence-corrected chi connectivity index (χ0v) is 12.0. The Bertz CT molecular complexity index is 500. The number of amides is 1. The molecule has 4 heteroatoms. The molecule has 0 bridgehead atoms. The maximum Gasteiger partial charge on any atom is 0.224 e. The smallest absolute Gasteiger partial charge is 0.224 e. The highest BCUT2D eigenvalue weighted by atomic mass is 16.5. The highest BCUT2D eigenvalue weighted by Gasteiger charge is 2.05. The molecule has 0 fully saturated rings. The van der Waals surface area contributed by atoms with Crippen LogP contribution in [0.2, 0.25) is 0 Å². The lowest BCUT2D eigenvalue weighted by Gasteiger charge is -2.08. The topological polar surface area (TPSA) is 58.6 Å². The Morgan fingerprint density at radius 1 is 1.45 bits per heavy atom. The molecule has 0 aromatic heterocycles. The number of ether oxygens (including phenoxy) is 1. The molecule has 0 saturated heterocycles. The van der Waals surface area contributed by atoms with Crippen molar-refractivity contribution < 1.29 is 14.6 Å². The Kier molecular flexibility index (Phi) is 7.41. The van der Waals surface area contributed by atoms with Crippen LogP contribution in [0.5, 0.6) is 0 Å². The normalized spacial score (nSPS) is 9.75. The lowest BCUT2D eigenvalue weighted by Crippen LogP contribution is -2.13. The second-order valence-electron chi connectivity index (χ2n) is 4.34. The van der Waals surface area contributed by atoms with E-state index in [1.807, 2.05) is 32.0 Å². The zero-order valence-electron chi connectivity index (χ0n) is 12.0. The van der Waals surface area contributed by atoms with Crippen LogP contribution in [-0.2, 0) is 9.53 Å². The summed E-state index contributed by atoms with van der Waals surface area (Å²) in [5, 5.41) is 11.5. The number of aliphatic hydroxyl groups is 1. The van der Waals surface area contributed by atoms with Crippen molar-refractivity contribution in [1.29, 1.82) is 0 Å². The van der Waals surface area contributed by atoms with Gasteiger partial charge in [-0.1, -0.05) is 11.8 Å². The Hall–Kier alpha value is -1.83. The predicted molar refractivity (Wildman–Crippen MR) is 79.5 cm³/mol. The van der Waals surface area contributed by atoms with Gasteiger partial charge in [0.05, 0.1) is 0 Å². The largest absolute Gasteiger partial charge is 0.384 e. The van der Waals surface area contributed by atoms with E-state index in [0.29, 0.717) is 19.6 Å². The summed E-state index contributed by atoms with van der Waals surface area (Å²) in [5.74, 6) is 5.42. The van der Waals surface area contributed by atoms with E-state index in [9.17, 15) is 4.79 Å². The number of anilines is 1. The minimum absolute atomic E-state index is 0.0120. The van der Waals surface area contributed by atoms with Gasteiger partial charge in [-0.3, -0.25) is 4.79 Å². The van der Waals surface area contributed by atoms with Gasteiger partial charge in [0.25, 0.3) is 0 Å². The van der Waals surface area contributed by atoms with Crippen molar-refractivity contribution in [3.05, 3.63) is 29.3 Å². The minimum atomic E-state index is -0.155. The van der Waals surface area contributed by atoms with Gasteiger partial charge in [0.2, 0.25) is 5.91 Å². The second kappa shape index (κ2) is 9.13. The molecule has 1 amide bonds. The first-order valence-corrected chi connectivity index (χ1v) is 6.75. The first-order valence-electron chi connectivity index (χ1n) is 6.75. The van der Waals surface area contributed by atoms with E-state index in [0.717, 1.165) is 23.2 Å². The molecule has 0 heterocycles. The number of carbonyl (C=O) groups is 1. The quantitative estimate of drug-likeness (QED) is 0.617. The summed E-state index contributed by atoms with van der Waals surface area (Å²) >= 11 is 0. The SMILES string of the molecule is CCOCCCC(=O)Nc1ccc(C#CCO)cc1C.